The van der Waals surface area contributed by atoms with Gasteiger partial charge in [0.1, 0.15) is 0 Å². The number of benzene rings is 1. The Morgan fingerprint density at radius 3 is 2.76 bits per heavy atom. The van der Waals surface area contributed by atoms with Crippen LogP contribution in [0, 0.1) is 22.0 Å². The maximum atomic E-state index is 12.8. The smallest absolute Gasteiger partial charge is 0.272 e. The zero-order chi connectivity index (χ0) is 17.6. The molecule has 0 radical (unpaired) electrons. The van der Waals surface area contributed by atoms with Crippen molar-refractivity contribution in [1.82, 2.24) is 15.5 Å². The van der Waals surface area contributed by atoms with Crippen molar-refractivity contribution in [3.05, 3.63) is 34.0 Å². The van der Waals surface area contributed by atoms with Crippen LogP contribution in [0.15, 0.2) is 18.2 Å². The van der Waals surface area contributed by atoms with Crippen molar-refractivity contribution < 1.29 is 14.8 Å². The molecule has 8 nitrogen and oxygen atoms in total. The summed E-state index contributed by atoms with van der Waals surface area (Å²) in [5, 5.41) is 31.2. The third kappa shape index (κ3) is 2.57. The van der Waals surface area contributed by atoms with Crippen molar-refractivity contribution in [2.75, 3.05) is 6.61 Å². The monoisotopic (exact) mass is 344 g/mol. The molecule has 0 spiro atoms. The summed E-state index contributed by atoms with van der Waals surface area (Å²) in [4.78, 5) is 23.3. The first-order valence-corrected chi connectivity index (χ1v) is 8.58. The van der Waals surface area contributed by atoms with E-state index in [2.05, 4.69) is 15.5 Å². The van der Waals surface area contributed by atoms with E-state index >= 15 is 0 Å². The molecule has 3 N–H and O–H groups in total. The number of carbonyl (C=O) groups excluding carboxylic acids is 1. The minimum Gasteiger partial charge on any atom is -0.394 e. The number of non-ortho nitro benzene ring substituents is 1. The number of amides is 1. The molecule has 1 unspecified atom stereocenters. The average Bonchev–Trinajstić information content (AvgIpc) is 3.05. The van der Waals surface area contributed by atoms with Gasteiger partial charge < -0.3 is 10.4 Å². The Hall–Kier alpha value is -2.48. The highest BCUT2D eigenvalue weighted by Gasteiger charge is 2.48. The first-order chi connectivity index (χ1) is 12.0. The van der Waals surface area contributed by atoms with Crippen molar-refractivity contribution in [1.29, 1.82) is 0 Å². The molecule has 3 aliphatic carbocycles. The molecule has 3 aliphatic rings. The predicted octanol–water partition coefficient (Wildman–Crippen LogP) is 2.14. The number of nitrogens with one attached hydrogen (secondary N) is 2. The summed E-state index contributed by atoms with van der Waals surface area (Å²) in [5.74, 6) is 0.411. The molecule has 3 fully saturated rings. The lowest BCUT2D eigenvalue weighted by atomic mass is 9.60. The molecule has 0 saturated heterocycles. The van der Waals surface area contributed by atoms with Gasteiger partial charge in [-0.2, -0.15) is 5.10 Å². The zero-order valence-electron chi connectivity index (χ0n) is 13.7. The number of nitrogens with zero attached hydrogens (tertiary/aromatic N) is 2. The second kappa shape index (κ2) is 5.80. The van der Waals surface area contributed by atoms with Gasteiger partial charge in [0.2, 0.25) is 0 Å². The van der Waals surface area contributed by atoms with Crippen LogP contribution in [0.1, 0.15) is 42.6 Å². The van der Waals surface area contributed by atoms with Crippen LogP contribution in [0.3, 0.4) is 0 Å². The molecule has 1 amide bonds. The Morgan fingerprint density at radius 1 is 1.40 bits per heavy atom. The van der Waals surface area contributed by atoms with Gasteiger partial charge in [0.25, 0.3) is 11.6 Å². The number of aliphatic hydroxyl groups is 1. The second-order valence-corrected chi connectivity index (χ2v) is 7.25. The van der Waals surface area contributed by atoms with Crippen LogP contribution in [0.4, 0.5) is 5.69 Å². The minimum absolute atomic E-state index is 0.0865. The fourth-order valence-corrected chi connectivity index (χ4v) is 4.56. The number of hydrogen-bond acceptors (Lipinski definition) is 5. The molecule has 25 heavy (non-hydrogen) atoms. The molecule has 5 rings (SSSR count). The molecule has 2 bridgehead atoms. The number of hydrogen-bond donors (Lipinski definition) is 3. The summed E-state index contributed by atoms with van der Waals surface area (Å²) in [7, 11) is 0. The molecular weight excluding hydrogens is 324 g/mol. The molecule has 1 heterocycles. The highest BCUT2D eigenvalue weighted by molar-refractivity contribution is 6.05. The lowest BCUT2D eigenvalue weighted by Gasteiger charge is -2.51. The van der Waals surface area contributed by atoms with Crippen molar-refractivity contribution >= 4 is 22.5 Å². The number of H-pyrrole nitrogens is 1. The van der Waals surface area contributed by atoms with E-state index in [0.717, 1.165) is 32.1 Å². The van der Waals surface area contributed by atoms with Crippen molar-refractivity contribution in [3.63, 3.8) is 0 Å². The van der Waals surface area contributed by atoms with Crippen molar-refractivity contribution in [2.45, 2.75) is 37.6 Å². The largest absolute Gasteiger partial charge is 0.394 e. The van der Waals surface area contributed by atoms with E-state index in [9.17, 15) is 20.0 Å². The van der Waals surface area contributed by atoms with Crippen LogP contribution in [-0.4, -0.2) is 38.3 Å². The van der Waals surface area contributed by atoms with Crippen molar-refractivity contribution in [2.24, 2.45) is 11.8 Å². The molecule has 1 aromatic carbocycles. The molecule has 1 atom stereocenters. The van der Waals surface area contributed by atoms with Gasteiger partial charge in [-0.05, 0) is 37.2 Å². The van der Waals surface area contributed by atoms with Crippen LogP contribution < -0.4 is 5.32 Å². The molecule has 3 saturated carbocycles. The Bertz CT molecular complexity index is 840. The fourth-order valence-electron chi connectivity index (χ4n) is 4.56. The Kier molecular flexibility index (Phi) is 3.72. The molecular formula is C17H20N4O4. The highest BCUT2D eigenvalue weighted by Crippen LogP contribution is 2.47. The number of aliphatic hydroxyl groups excluding tert-OH is 1. The quantitative estimate of drug-likeness (QED) is 0.579. The van der Waals surface area contributed by atoms with E-state index in [1.165, 1.54) is 12.1 Å². The number of nitro groups is 1. The van der Waals surface area contributed by atoms with E-state index in [0.29, 0.717) is 16.8 Å². The first kappa shape index (κ1) is 16.0. The van der Waals surface area contributed by atoms with E-state index in [1.54, 1.807) is 6.07 Å². The van der Waals surface area contributed by atoms with E-state index in [-0.39, 0.29) is 23.9 Å². The summed E-state index contributed by atoms with van der Waals surface area (Å²) in [6, 6.07) is 4.27. The summed E-state index contributed by atoms with van der Waals surface area (Å²) in [6.45, 7) is -0.0948. The van der Waals surface area contributed by atoms with Crippen LogP contribution in [0.25, 0.3) is 10.9 Å². The lowest BCUT2D eigenvalue weighted by Crippen LogP contribution is -2.61. The molecule has 132 valence electrons. The number of aromatic nitrogens is 2. The Balaban J connectivity index is 1.66. The van der Waals surface area contributed by atoms with Crippen LogP contribution >= 0.6 is 0 Å². The van der Waals surface area contributed by atoms with Gasteiger partial charge in [-0.3, -0.25) is 20.0 Å². The van der Waals surface area contributed by atoms with Gasteiger partial charge in [0, 0.05) is 17.5 Å². The third-order valence-electron chi connectivity index (χ3n) is 5.90. The topological polar surface area (TPSA) is 121 Å². The lowest BCUT2D eigenvalue weighted by molar-refractivity contribution is -0.384. The van der Waals surface area contributed by atoms with Crippen molar-refractivity contribution in [3.8, 4) is 0 Å². The molecule has 2 aromatic rings. The SMILES string of the molecule is O=C(NC1(CO)CC2CCC1CC2)c1n[nH]c2ccc([N+](=O)[O-])cc12. The van der Waals surface area contributed by atoms with E-state index < -0.39 is 16.4 Å². The third-order valence-corrected chi connectivity index (χ3v) is 5.90. The summed E-state index contributed by atoms with van der Waals surface area (Å²) < 4.78 is 0. The number of fused-ring (bicyclic) bond motifs is 4. The minimum atomic E-state index is -0.607. The van der Waals surface area contributed by atoms with Gasteiger partial charge in [-0.15, -0.1) is 0 Å². The Labute approximate surface area is 143 Å². The maximum absolute atomic E-state index is 12.8. The van der Waals surface area contributed by atoms with Crippen LogP contribution in [0.2, 0.25) is 0 Å². The maximum Gasteiger partial charge on any atom is 0.272 e. The number of rotatable bonds is 4. The number of carbonyl (C=O) groups is 1. The summed E-state index contributed by atoms with van der Waals surface area (Å²) in [6.07, 6.45) is 5.11. The second-order valence-electron chi connectivity index (χ2n) is 7.25. The number of nitro benzene ring substituents is 1. The number of aromatic amines is 1. The van der Waals surface area contributed by atoms with Gasteiger partial charge in [0.05, 0.1) is 22.6 Å². The molecule has 1 aromatic heterocycles. The van der Waals surface area contributed by atoms with Gasteiger partial charge in [-0.25, -0.2) is 0 Å². The predicted molar refractivity (Wildman–Crippen MR) is 90.1 cm³/mol. The van der Waals surface area contributed by atoms with E-state index in [4.69, 9.17) is 0 Å². The zero-order valence-corrected chi connectivity index (χ0v) is 13.7. The first-order valence-electron chi connectivity index (χ1n) is 8.58. The molecule has 0 aliphatic heterocycles. The van der Waals surface area contributed by atoms with Crippen LogP contribution in [-0.2, 0) is 0 Å². The molecule has 8 heteroatoms. The Morgan fingerprint density at radius 2 is 2.16 bits per heavy atom. The van der Waals surface area contributed by atoms with Crippen LogP contribution in [0.5, 0.6) is 0 Å². The van der Waals surface area contributed by atoms with E-state index in [1.807, 2.05) is 0 Å². The summed E-state index contributed by atoms with van der Waals surface area (Å²) in [5.41, 5.74) is 0.00743. The summed E-state index contributed by atoms with van der Waals surface area (Å²) >= 11 is 0. The standard InChI is InChI=1S/C17H20N4O4/c22-9-17(8-10-1-3-11(17)4-2-10)18-16(23)15-13-7-12(21(24)25)5-6-14(13)19-20-15/h5-7,10-11,22H,1-4,8-9H2,(H,18,23)(H,19,20). The average molecular weight is 344 g/mol. The highest BCUT2D eigenvalue weighted by atomic mass is 16.6. The van der Waals surface area contributed by atoms with Gasteiger partial charge >= 0.3 is 0 Å². The normalized spacial score (nSPS) is 28.2. The fraction of sp³-hybridized carbons (Fsp3) is 0.529. The van der Waals surface area contributed by atoms with Gasteiger partial charge in [-0.1, -0.05) is 12.8 Å². The van der Waals surface area contributed by atoms with Gasteiger partial charge in [0.15, 0.2) is 5.69 Å².